The van der Waals surface area contributed by atoms with Crippen LogP contribution >= 0.6 is 0 Å². The van der Waals surface area contributed by atoms with Gasteiger partial charge in [-0.2, -0.15) is 5.11 Å². The molecule has 2 aromatic carbocycles. The maximum atomic E-state index is 12.2. The number of hydrogen-bond donors (Lipinski definition) is 1. The van der Waals surface area contributed by atoms with Crippen LogP contribution in [0.1, 0.15) is 32.3 Å². The van der Waals surface area contributed by atoms with E-state index in [0.717, 1.165) is 5.56 Å². The summed E-state index contributed by atoms with van der Waals surface area (Å²) < 4.78 is 5.11. The van der Waals surface area contributed by atoms with Crippen LogP contribution in [-0.2, 0) is 0 Å². The molecule has 0 spiro atoms. The largest absolute Gasteiger partial charge is 0.497 e. The van der Waals surface area contributed by atoms with Crippen molar-refractivity contribution in [3.63, 3.8) is 0 Å². The Kier molecular flexibility index (Phi) is 4.14. The van der Waals surface area contributed by atoms with Crippen LogP contribution in [0, 0.1) is 0 Å². The van der Waals surface area contributed by atoms with Gasteiger partial charge in [0.05, 0.1) is 7.11 Å². The number of ether oxygens (including phenoxy) is 1. The lowest BCUT2D eigenvalue weighted by molar-refractivity contribution is 0.0950. The van der Waals surface area contributed by atoms with Gasteiger partial charge in [-0.25, -0.2) is 0 Å². The predicted octanol–water partition coefficient (Wildman–Crippen LogP) is 2.77. The molecule has 116 valence electrons. The first kappa shape index (κ1) is 14.9. The smallest absolute Gasteiger partial charge is 0.295 e. The minimum Gasteiger partial charge on any atom is -0.497 e. The summed E-state index contributed by atoms with van der Waals surface area (Å²) in [6.07, 6.45) is 0. The van der Waals surface area contributed by atoms with Gasteiger partial charge in [-0.15, -0.1) is 5.11 Å². The molecule has 1 unspecified atom stereocenters. The number of nitrogens with one attached hydrogen (secondary N) is 1. The summed E-state index contributed by atoms with van der Waals surface area (Å²) in [5.41, 5.74) is 1.81. The Labute approximate surface area is 133 Å². The summed E-state index contributed by atoms with van der Waals surface area (Å²) >= 11 is 0. The highest BCUT2D eigenvalue weighted by Crippen LogP contribution is 2.26. The SMILES string of the molecule is COc1cccc(C(=O)NCC2N=NC(=O)c3ccccc32)c1. The van der Waals surface area contributed by atoms with Gasteiger partial charge in [-0.3, -0.25) is 9.59 Å². The van der Waals surface area contributed by atoms with Gasteiger partial charge >= 0.3 is 0 Å². The summed E-state index contributed by atoms with van der Waals surface area (Å²) in [6, 6.07) is 13.7. The predicted molar refractivity (Wildman–Crippen MR) is 83.7 cm³/mol. The van der Waals surface area contributed by atoms with E-state index < -0.39 is 0 Å². The van der Waals surface area contributed by atoms with Crippen molar-refractivity contribution >= 4 is 11.8 Å². The lowest BCUT2D eigenvalue weighted by Gasteiger charge is -2.18. The molecule has 0 aromatic heterocycles. The molecule has 2 amide bonds. The highest BCUT2D eigenvalue weighted by Gasteiger charge is 2.23. The van der Waals surface area contributed by atoms with Gasteiger partial charge in [-0.05, 0) is 29.8 Å². The van der Waals surface area contributed by atoms with E-state index in [1.807, 2.05) is 12.1 Å². The zero-order chi connectivity index (χ0) is 16.2. The van der Waals surface area contributed by atoms with Gasteiger partial charge in [-0.1, -0.05) is 24.3 Å². The van der Waals surface area contributed by atoms with Crippen LogP contribution in [-0.4, -0.2) is 25.5 Å². The molecule has 1 heterocycles. The fraction of sp³-hybridized carbons (Fsp3) is 0.176. The number of benzene rings is 2. The molecule has 6 nitrogen and oxygen atoms in total. The van der Waals surface area contributed by atoms with Crippen molar-refractivity contribution in [2.45, 2.75) is 6.04 Å². The van der Waals surface area contributed by atoms with Gasteiger partial charge in [0.1, 0.15) is 11.8 Å². The van der Waals surface area contributed by atoms with Gasteiger partial charge in [0.2, 0.25) is 0 Å². The molecular formula is C17H15N3O3. The molecule has 23 heavy (non-hydrogen) atoms. The molecule has 0 saturated heterocycles. The van der Waals surface area contributed by atoms with Crippen molar-refractivity contribution < 1.29 is 14.3 Å². The van der Waals surface area contributed by atoms with Crippen molar-refractivity contribution in [3.05, 3.63) is 65.2 Å². The number of hydrogen-bond acceptors (Lipinski definition) is 4. The third kappa shape index (κ3) is 3.11. The van der Waals surface area contributed by atoms with E-state index in [1.54, 1.807) is 43.5 Å². The Morgan fingerprint density at radius 2 is 2.04 bits per heavy atom. The van der Waals surface area contributed by atoms with Crippen LogP contribution in [0.2, 0.25) is 0 Å². The van der Waals surface area contributed by atoms with E-state index >= 15 is 0 Å². The lowest BCUT2D eigenvalue weighted by atomic mass is 9.99. The van der Waals surface area contributed by atoms with Gasteiger partial charge in [0, 0.05) is 17.7 Å². The topological polar surface area (TPSA) is 80.1 Å². The van der Waals surface area contributed by atoms with Crippen LogP contribution in [0.3, 0.4) is 0 Å². The van der Waals surface area contributed by atoms with Gasteiger partial charge < -0.3 is 10.1 Å². The monoisotopic (exact) mass is 309 g/mol. The molecule has 0 fully saturated rings. The van der Waals surface area contributed by atoms with Crippen molar-refractivity contribution in [2.24, 2.45) is 10.2 Å². The number of azo groups is 1. The van der Waals surface area contributed by atoms with Gasteiger partial charge in [0.25, 0.3) is 11.8 Å². The molecule has 6 heteroatoms. The molecule has 1 aliphatic heterocycles. The molecular weight excluding hydrogens is 294 g/mol. The normalized spacial score (nSPS) is 15.9. The van der Waals surface area contributed by atoms with Crippen LogP contribution < -0.4 is 10.1 Å². The molecule has 1 aliphatic rings. The van der Waals surface area contributed by atoms with E-state index in [1.165, 1.54) is 0 Å². The second kappa shape index (κ2) is 6.39. The lowest BCUT2D eigenvalue weighted by Crippen LogP contribution is -2.29. The molecule has 0 aliphatic carbocycles. The fourth-order valence-corrected chi connectivity index (χ4v) is 2.43. The van der Waals surface area contributed by atoms with Crippen LogP contribution in [0.5, 0.6) is 5.75 Å². The number of nitrogens with zero attached hydrogens (tertiary/aromatic N) is 2. The zero-order valence-corrected chi connectivity index (χ0v) is 12.5. The number of carbonyl (C=O) groups is 2. The van der Waals surface area contributed by atoms with Crippen molar-refractivity contribution in [2.75, 3.05) is 13.7 Å². The third-order valence-electron chi connectivity index (χ3n) is 3.63. The number of carbonyl (C=O) groups excluding carboxylic acids is 2. The summed E-state index contributed by atoms with van der Waals surface area (Å²) in [7, 11) is 1.55. The first-order valence-corrected chi connectivity index (χ1v) is 7.15. The molecule has 2 aromatic rings. The van der Waals surface area contributed by atoms with Crippen LogP contribution in [0.25, 0.3) is 0 Å². The van der Waals surface area contributed by atoms with E-state index in [4.69, 9.17) is 4.74 Å². The quantitative estimate of drug-likeness (QED) is 0.943. The Morgan fingerprint density at radius 3 is 2.87 bits per heavy atom. The van der Waals surface area contributed by atoms with Crippen LogP contribution in [0.4, 0.5) is 0 Å². The highest BCUT2D eigenvalue weighted by molar-refractivity contribution is 5.97. The summed E-state index contributed by atoms with van der Waals surface area (Å²) in [5.74, 6) is 0.0374. The second-order valence-electron chi connectivity index (χ2n) is 5.07. The minimum atomic E-state index is -0.363. The van der Waals surface area contributed by atoms with Crippen molar-refractivity contribution in [3.8, 4) is 5.75 Å². The average molecular weight is 309 g/mol. The fourth-order valence-electron chi connectivity index (χ4n) is 2.43. The van der Waals surface area contributed by atoms with Gasteiger partial charge in [0.15, 0.2) is 0 Å². The maximum Gasteiger partial charge on any atom is 0.295 e. The van der Waals surface area contributed by atoms with Crippen LogP contribution in [0.15, 0.2) is 58.8 Å². The summed E-state index contributed by atoms with van der Waals surface area (Å²) in [4.78, 5) is 23.9. The molecule has 0 bridgehead atoms. The number of fused-ring (bicyclic) bond motifs is 1. The Balaban J connectivity index is 1.72. The first-order chi connectivity index (χ1) is 11.2. The average Bonchev–Trinajstić information content (AvgIpc) is 2.61. The van der Waals surface area contributed by atoms with Crippen molar-refractivity contribution in [1.82, 2.24) is 5.32 Å². The Morgan fingerprint density at radius 1 is 1.22 bits per heavy atom. The zero-order valence-electron chi connectivity index (χ0n) is 12.5. The standard InChI is InChI=1S/C17H15N3O3/c1-23-12-6-4-5-11(9-12)16(21)18-10-15-13-7-2-3-8-14(13)17(22)20-19-15/h2-9,15H,10H2,1H3,(H,18,21). The molecule has 0 saturated carbocycles. The molecule has 3 rings (SSSR count). The van der Waals surface area contributed by atoms with E-state index in [9.17, 15) is 9.59 Å². The second-order valence-corrected chi connectivity index (χ2v) is 5.07. The Bertz CT molecular complexity index is 786. The first-order valence-electron chi connectivity index (χ1n) is 7.15. The maximum absolute atomic E-state index is 12.2. The van der Waals surface area contributed by atoms with E-state index in [0.29, 0.717) is 16.9 Å². The number of methoxy groups -OCH3 is 1. The molecule has 0 radical (unpaired) electrons. The van der Waals surface area contributed by atoms with E-state index in [2.05, 4.69) is 15.5 Å². The highest BCUT2D eigenvalue weighted by atomic mass is 16.5. The molecule has 1 atom stereocenters. The summed E-state index contributed by atoms with van der Waals surface area (Å²) in [6.45, 7) is 0.268. The number of rotatable bonds is 4. The molecule has 1 N–H and O–H groups in total. The number of amides is 2. The van der Waals surface area contributed by atoms with E-state index in [-0.39, 0.29) is 24.4 Å². The third-order valence-corrected chi connectivity index (χ3v) is 3.63. The summed E-state index contributed by atoms with van der Waals surface area (Å²) in [5, 5.41) is 10.4. The minimum absolute atomic E-state index is 0.228. The van der Waals surface area contributed by atoms with Crippen molar-refractivity contribution in [1.29, 1.82) is 0 Å². The Hall–Kier alpha value is -3.02.